The van der Waals surface area contributed by atoms with Crippen LogP contribution in [0.2, 0.25) is 0 Å². The number of carbonyl (C=O) groups excluding carboxylic acids is 1. The fraction of sp³-hybridized carbons (Fsp3) is 0.571. The molecule has 110 valence electrons. The molecule has 1 N–H and O–H groups in total. The van der Waals surface area contributed by atoms with Crippen molar-refractivity contribution >= 4 is 11.9 Å². The van der Waals surface area contributed by atoms with E-state index in [1.165, 1.54) is 4.57 Å². The van der Waals surface area contributed by atoms with E-state index in [9.17, 15) is 9.59 Å². The first-order chi connectivity index (χ1) is 9.61. The van der Waals surface area contributed by atoms with E-state index < -0.39 is 5.97 Å². The lowest BCUT2D eigenvalue weighted by molar-refractivity contribution is -0.137. The number of carboxylic acids is 1. The van der Waals surface area contributed by atoms with Gasteiger partial charge in [0.15, 0.2) is 0 Å². The number of nitrogens with zero attached hydrogens (tertiary/aromatic N) is 2. The Morgan fingerprint density at radius 2 is 2.10 bits per heavy atom. The summed E-state index contributed by atoms with van der Waals surface area (Å²) in [6.45, 7) is 1.95. The topological polar surface area (TPSA) is 71.8 Å². The number of rotatable bonds is 5. The van der Waals surface area contributed by atoms with Crippen LogP contribution in [0.1, 0.15) is 23.3 Å². The highest BCUT2D eigenvalue weighted by Crippen LogP contribution is 2.19. The smallest absolute Gasteiger partial charge is 0.323 e. The summed E-state index contributed by atoms with van der Waals surface area (Å²) in [4.78, 5) is 25.0. The number of amides is 1. The molecule has 0 radical (unpaired) electrons. The molecule has 1 aromatic rings. The van der Waals surface area contributed by atoms with Crippen molar-refractivity contribution in [3.05, 3.63) is 24.0 Å². The molecule has 1 fully saturated rings. The molecule has 0 atom stereocenters. The molecule has 0 bridgehead atoms. The van der Waals surface area contributed by atoms with Crippen molar-refractivity contribution in [2.45, 2.75) is 19.4 Å². The summed E-state index contributed by atoms with van der Waals surface area (Å²) < 4.78 is 6.62. The maximum absolute atomic E-state index is 12.4. The van der Waals surface area contributed by atoms with Gasteiger partial charge in [-0.15, -0.1) is 0 Å². The Kier molecular flexibility index (Phi) is 4.79. The fourth-order valence-corrected chi connectivity index (χ4v) is 2.59. The number of ether oxygens (including phenoxy) is 1. The largest absolute Gasteiger partial charge is 0.480 e. The van der Waals surface area contributed by atoms with Crippen molar-refractivity contribution in [2.24, 2.45) is 5.92 Å². The van der Waals surface area contributed by atoms with E-state index in [2.05, 4.69) is 0 Å². The van der Waals surface area contributed by atoms with Crippen molar-refractivity contribution in [1.29, 1.82) is 0 Å². The molecule has 1 aromatic heterocycles. The zero-order valence-electron chi connectivity index (χ0n) is 11.6. The summed E-state index contributed by atoms with van der Waals surface area (Å²) in [5.74, 6) is -0.531. The maximum atomic E-state index is 12.4. The maximum Gasteiger partial charge on any atom is 0.323 e. The minimum absolute atomic E-state index is 0.0906. The first-order valence-corrected chi connectivity index (χ1v) is 6.77. The molecule has 0 unspecified atom stereocenters. The van der Waals surface area contributed by atoms with Crippen LogP contribution in [-0.2, 0) is 16.1 Å². The molecular formula is C14H20N2O4. The van der Waals surface area contributed by atoms with E-state index in [0.717, 1.165) is 19.4 Å². The number of likely N-dealkylation sites (tertiary alicyclic amines) is 1. The molecule has 0 aromatic carbocycles. The van der Waals surface area contributed by atoms with Gasteiger partial charge in [0.2, 0.25) is 0 Å². The summed E-state index contributed by atoms with van der Waals surface area (Å²) in [7, 11) is 1.69. The number of piperidine rings is 1. The molecule has 1 saturated heterocycles. The van der Waals surface area contributed by atoms with Crippen LogP contribution in [0.5, 0.6) is 0 Å². The Bertz CT molecular complexity index is 475. The summed E-state index contributed by atoms with van der Waals surface area (Å²) in [6.07, 6.45) is 3.48. The van der Waals surface area contributed by atoms with Gasteiger partial charge in [0.05, 0.1) is 0 Å². The lowest BCUT2D eigenvalue weighted by atomic mass is 9.97. The van der Waals surface area contributed by atoms with Crippen LogP contribution in [0.3, 0.4) is 0 Å². The second-order valence-electron chi connectivity index (χ2n) is 5.11. The predicted octanol–water partition coefficient (Wildman–Crippen LogP) is 1.07. The molecular weight excluding hydrogens is 260 g/mol. The quantitative estimate of drug-likeness (QED) is 0.875. The van der Waals surface area contributed by atoms with Crippen LogP contribution in [0.4, 0.5) is 0 Å². The van der Waals surface area contributed by atoms with Crippen molar-refractivity contribution in [2.75, 3.05) is 26.8 Å². The van der Waals surface area contributed by atoms with E-state index in [-0.39, 0.29) is 12.5 Å². The lowest BCUT2D eigenvalue weighted by Crippen LogP contribution is -2.40. The van der Waals surface area contributed by atoms with Gasteiger partial charge in [0.1, 0.15) is 12.2 Å². The minimum Gasteiger partial charge on any atom is -0.480 e. The first-order valence-electron chi connectivity index (χ1n) is 6.77. The third-order valence-corrected chi connectivity index (χ3v) is 3.66. The van der Waals surface area contributed by atoms with Crippen molar-refractivity contribution < 1.29 is 19.4 Å². The van der Waals surface area contributed by atoms with E-state index in [0.29, 0.717) is 24.7 Å². The first kappa shape index (κ1) is 14.6. The van der Waals surface area contributed by atoms with Gasteiger partial charge in [-0.1, -0.05) is 0 Å². The fourth-order valence-electron chi connectivity index (χ4n) is 2.59. The molecule has 6 heteroatoms. The third kappa shape index (κ3) is 3.39. The van der Waals surface area contributed by atoms with Gasteiger partial charge in [-0.25, -0.2) is 0 Å². The second kappa shape index (κ2) is 6.56. The van der Waals surface area contributed by atoms with Gasteiger partial charge in [-0.05, 0) is 30.9 Å². The second-order valence-corrected chi connectivity index (χ2v) is 5.11. The van der Waals surface area contributed by atoms with Gasteiger partial charge in [0.25, 0.3) is 5.91 Å². The average Bonchev–Trinajstić information content (AvgIpc) is 2.86. The molecule has 0 spiro atoms. The zero-order valence-corrected chi connectivity index (χ0v) is 11.6. The van der Waals surface area contributed by atoms with Crippen LogP contribution in [0.25, 0.3) is 0 Å². The van der Waals surface area contributed by atoms with Gasteiger partial charge in [0, 0.05) is 33.0 Å². The van der Waals surface area contributed by atoms with Crippen LogP contribution in [-0.4, -0.2) is 53.3 Å². The van der Waals surface area contributed by atoms with E-state index >= 15 is 0 Å². The van der Waals surface area contributed by atoms with Gasteiger partial charge in [-0.3, -0.25) is 9.59 Å². The molecule has 1 aliphatic rings. The van der Waals surface area contributed by atoms with Crippen LogP contribution >= 0.6 is 0 Å². The SMILES string of the molecule is COCC1CCN(C(=O)c2cccn2CC(=O)O)CC1. The molecule has 2 heterocycles. The monoisotopic (exact) mass is 280 g/mol. The number of aromatic nitrogens is 1. The van der Waals surface area contributed by atoms with E-state index in [1.54, 1.807) is 30.3 Å². The average molecular weight is 280 g/mol. The molecule has 20 heavy (non-hydrogen) atoms. The van der Waals surface area contributed by atoms with Crippen molar-refractivity contribution in [3.8, 4) is 0 Å². The Labute approximate surface area is 117 Å². The molecule has 0 saturated carbocycles. The predicted molar refractivity (Wildman–Crippen MR) is 72.6 cm³/mol. The summed E-state index contributed by atoms with van der Waals surface area (Å²) in [5.41, 5.74) is 0.442. The third-order valence-electron chi connectivity index (χ3n) is 3.66. The van der Waals surface area contributed by atoms with Crippen LogP contribution in [0.15, 0.2) is 18.3 Å². The number of hydrogen-bond donors (Lipinski definition) is 1. The van der Waals surface area contributed by atoms with Crippen molar-refractivity contribution in [3.63, 3.8) is 0 Å². The highest BCUT2D eigenvalue weighted by molar-refractivity contribution is 5.93. The molecule has 2 rings (SSSR count). The molecule has 1 amide bonds. The highest BCUT2D eigenvalue weighted by Gasteiger charge is 2.25. The number of carboxylic acid groups (broad SMARTS) is 1. The molecule has 0 aliphatic carbocycles. The summed E-state index contributed by atoms with van der Waals surface area (Å²) >= 11 is 0. The lowest BCUT2D eigenvalue weighted by Gasteiger charge is -2.31. The van der Waals surface area contributed by atoms with Gasteiger partial charge in [-0.2, -0.15) is 0 Å². The molecule has 1 aliphatic heterocycles. The van der Waals surface area contributed by atoms with Gasteiger partial charge >= 0.3 is 5.97 Å². The zero-order chi connectivity index (χ0) is 14.5. The van der Waals surface area contributed by atoms with E-state index in [4.69, 9.17) is 9.84 Å². The number of methoxy groups -OCH3 is 1. The molecule has 6 nitrogen and oxygen atoms in total. The number of aliphatic carboxylic acids is 1. The standard InChI is InChI=1S/C14H20N2O4/c1-20-10-11-4-7-15(8-5-11)14(19)12-3-2-6-16(12)9-13(17)18/h2-3,6,11H,4-5,7-10H2,1H3,(H,17,18). The van der Waals surface area contributed by atoms with E-state index in [1.807, 2.05) is 0 Å². The Hall–Kier alpha value is -1.82. The number of carbonyl (C=O) groups is 2. The Morgan fingerprint density at radius 1 is 1.40 bits per heavy atom. The Morgan fingerprint density at radius 3 is 2.70 bits per heavy atom. The van der Waals surface area contributed by atoms with Crippen molar-refractivity contribution in [1.82, 2.24) is 9.47 Å². The van der Waals surface area contributed by atoms with Crippen LogP contribution < -0.4 is 0 Å². The summed E-state index contributed by atoms with van der Waals surface area (Å²) in [6, 6.07) is 3.38. The van der Waals surface area contributed by atoms with Gasteiger partial charge < -0.3 is 19.3 Å². The van der Waals surface area contributed by atoms with Crippen LogP contribution in [0, 0.1) is 5.92 Å². The minimum atomic E-state index is -0.950. The Balaban J connectivity index is 1.98. The highest BCUT2D eigenvalue weighted by atomic mass is 16.5. The summed E-state index contributed by atoms with van der Waals surface area (Å²) in [5, 5.41) is 8.84. The number of hydrogen-bond acceptors (Lipinski definition) is 3. The normalized spacial score (nSPS) is 16.4.